The molecule has 0 aliphatic heterocycles. The zero-order chi connectivity index (χ0) is 10.8. The predicted octanol–water partition coefficient (Wildman–Crippen LogP) is 0.460. The Kier molecular flexibility index (Phi) is 3.46. The topological polar surface area (TPSA) is 85.1 Å². The highest BCUT2D eigenvalue weighted by Crippen LogP contribution is 2.21. The second-order valence-electron chi connectivity index (χ2n) is 2.87. The van der Waals surface area contributed by atoms with Crippen LogP contribution in [0, 0.1) is 13.8 Å². The zero-order valence-electron chi connectivity index (χ0n) is 8.07. The number of hydrogen-bond acceptors (Lipinski definition) is 5. The van der Waals surface area contributed by atoms with Crippen LogP contribution in [0.15, 0.2) is 0 Å². The Morgan fingerprint density at radius 2 is 2.14 bits per heavy atom. The first-order valence-electron chi connectivity index (χ1n) is 4.09. The number of thiazole rings is 1. The van der Waals surface area contributed by atoms with Crippen molar-refractivity contribution in [3.63, 3.8) is 0 Å². The minimum atomic E-state index is -3.32. The van der Waals surface area contributed by atoms with Gasteiger partial charge in [-0.1, -0.05) is 0 Å². The molecular weight excluding hydrogens is 222 g/mol. The zero-order valence-corrected chi connectivity index (χ0v) is 9.70. The van der Waals surface area contributed by atoms with E-state index in [9.17, 15) is 8.42 Å². The number of hydrogen-bond donors (Lipinski definition) is 2. The molecule has 0 aliphatic rings. The molecular formula is C7H13N3O2S2. The highest BCUT2D eigenvalue weighted by Gasteiger charge is 2.12. The van der Waals surface area contributed by atoms with Crippen molar-refractivity contribution in [2.45, 2.75) is 13.8 Å². The summed E-state index contributed by atoms with van der Waals surface area (Å²) in [6.45, 7) is 3.85. The summed E-state index contributed by atoms with van der Waals surface area (Å²) < 4.78 is 25.0. The van der Waals surface area contributed by atoms with Crippen LogP contribution in [0.25, 0.3) is 0 Å². The van der Waals surface area contributed by atoms with Crippen LogP contribution in [0.1, 0.15) is 10.6 Å². The van der Waals surface area contributed by atoms with Gasteiger partial charge in [0.1, 0.15) is 0 Å². The molecule has 0 aromatic carbocycles. The van der Waals surface area contributed by atoms with Crippen molar-refractivity contribution in [2.75, 3.05) is 17.0 Å². The minimum absolute atomic E-state index is 0.0787. The van der Waals surface area contributed by atoms with Gasteiger partial charge in [0.25, 0.3) is 0 Å². The number of sulfonamides is 1. The van der Waals surface area contributed by atoms with Gasteiger partial charge in [0.2, 0.25) is 10.0 Å². The summed E-state index contributed by atoms with van der Waals surface area (Å²) >= 11 is 1.32. The summed E-state index contributed by atoms with van der Waals surface area (Å²) in [6.07, 6.45) is 0. The van der Waals surface area contributed by atoms with Gasteiger partial charge >= 0.3 is 0 Å². The Morgan fingerprint density at radius 1 is 1.50 bits per heavy atom. The van der Waals surface area contributed by atoms with E-state index < -0.39 is 10.0 Å². The normalized spacial score (nSPS) is 11.6. The molecule has 7 heteroatoms. The van der Waals surface area contributed by atoms with Crippen molar-refractivity contribution < 1.29 is 8.42 Å². The molecule has 1 aromatic heterocycles. The van der Waals surface area contributed by atoms with Crippen molar-refractivity contribution in [1.82, 2.24) is 4.98 Å². The van der Waals surface area contributed by atoms with Gasteiger partial charge in [0.15, 0.2) is 5.13 Å². The second kappa shape index (κ2) is 4.24. The molecule has 0 bridgehead atoms. The Bertz CT molecular complexity index is 391. The molecule has 1 aromatic rings. The maximum absolute atomic E-state index is 11.3. The van der Waals surface area contributed by atoms with Crippen molar-refractivity contribution >= 4 is 26.5 Å². The number of anilines is 1. The van der Waals surface area contributed by atoms with E-state index in [4.69, 9.17) is 5.73 Å². The van der Waals surface area contributed by atoms with Crippen molar-refractivity contribution in [2.24, 2.45) is 5.73 Å². The molecule has 0 saturated heterocycles. The molecule has 0 fully saturated rings. The SMILES string of the molecule is Cc1nc(NS(=O)(=O)CCN)sc1C. The molecule has 0 unspecified atom stereocenters. The van der Waals surface area contributed by atoms with Crippen LogP contribution in [0.4, 0.5) is 5.13 Å². The van der Waals surface area contributed by atoms with E-state index in [2.05, 4.69) is 9.71 Å². The lowest BCUT2D eigenvalue weighted by atomic mass is 10.4. The van der Waals surface area contributed by atoms with E-state index in [1.54, 1.807) is 0 Å². The van der Waals surface area contributed by atoms with E-state index in [0.29, 0.717) is 5.13 Å². The van der Waals surface area contributed by atoms with Crippen LogP contribution in [0.2, 0.25) is 0 Å². The summed E-state index contributed by atoms with van der Waals surface area (Å²) in [5.74, 6) is -0.0787. The van der Waals surface area contributed by atoms with E-state index in [1.807, 2.05) is 13.8 Å². The van der Waals surface area contributed by atoms with Gasteiger partial charge in [-0.25, -0.2) is 13.4 Å². The molecule has 3 N–H and O–H groups in total. The Hall–Kier alpha value is -0.660. The lowest BCUT2D eigenvalue weighted by molar-refractivity contribution is 0.601. The van der Waals surface area contributed by atoms with Crippen LogP contribution >= 0.6 is 11.3 Å². The van der Waals surface area contributed by atoms with E-state index in [-0.39, 0.29) is 12.3 Å². The Morgan fingerprint density at radius 3 is 2.57 bits per heavy atom. The van der Waals surface area contributed by atoms with E-state index >= 15 is 0 Å². The van der Waals surface area contributed by atoms with Gasteiger partial charge in [0.05, 0.1) is 11.4 Å². The fourth-order valence-electron chi connectivity index (χ4n) is 0.856. The number of aryl methyl sites for hydroxylation is 2. The van der Waals surface area contributed by atoms with Crippen LogP contribution in [0.5, 0.6) is 0 Å². The molecule has 80 valence electrons. The summed E-state index contributed by atoms with van der Waals surface area (Å²) in [4.78, 5) is 5.07. The van der Waals surface area contributed by atoms with Crippen molar-refractivity contribution in [3.05, 3.63) is 10.6 Å². The molecule has 0 aliphatic carbocycles. The third-order valence-electron chi connectivity index (χ3n) is 1.66. The van der Waals surface area contributed by atoms with Crippen molar-refractivity contribution in [1.29, 1.82) is 0 Å². The summed E-state index contributed by atoms with van der Waals surface area (Å²) in [5, 5.41) is 0.411. The quantitative estimate of drug-likeness (QED) is 0.794. The van der Waals surface area contributed by atoms with Gasteiger partial charge in [-0.2, -0.15) is 0 Å². The molecule has 0 spiro atoms. The Balaban J connectivity index is 2.79. The van der Waals surface area contributed by atoms with Crippen LogP contribution < -0.4 is 10.5 Å². The molecule has 0 saturated carbocycles. The summed E-state index contributed by atoms with van der Waals surface area (Å²) in [7, 11) is -3.32. The molecule has 5 nitrogen and oxygen atoms in total. The average molecular weight is 235 g/mol. The third-order valence-corrected chi connectivity index (χ3v) is 4.05. The summed E-state index contributed by atoms with van der Waals surface area (Å²) in [5.41, 5.74) is 6.01. The lowest BCUT2D eigenvalue weighted by Gasteiger charge is -2.01. The number of nitrogens with two attached hydrogens (primary N) is 1. The average Bonchev–Trinajstić information content (AvgIpc) is 2.29. The molecule has 0 amide bonds. The van der Waals surface area contributed by atoms with Crippen LogP contribution in [-0.2, 0) is 10.0 Å². The van der Waals surface area contributed by atoms with Crippen molar-refractivity contribution in [3.8, 4) is 0 Å². The lowest BCUT2D eigenvalue weighted by Crippen LogP contribution is -2.22. The van der Waals surface area contributed by atoms with Gasteiger partial charge in [-0.15, -0.1) is 11.3 Å². The fraction of sp³-hybridized carbons (Fsp3) is 0.571. The maximum Gasteiger partial charge on any atom is 0.235 e. The largest absolute Gasteiger partial charge is 0.329 e. The maximum atomic E-state index is 11.3. The molecule has 14 heavy (non-hydrogen) atoms. The second-order valence-corrected chi connectivity index (χ2v) is 5.92. The van der Waals surface area contributed by atoms with Crippen LogP contribution in [0.3, 0.4) is 0 Å². The standard InChI is InChI=1S/C7H13N3O2S2/c1-5-6(2)13-7(9-5)10-14(11,12)4-3-8/h3-4,8H2,1-2H3,(H,9,10). The smallest absolute Gasteiger partial charge is 0.235 e. The van der Waals surface area contributed by atoms with Gasteiger partial charge in [-0.3, -0.25) is 4.72 Å². The Labute approximate surface area is 87.4 Å². The molecule has 1 rings (SSSR count). The van der Waals surface area contributed by atoms with Gasteiger partial charge in [0, 0.05) is 11.4 Å². The number of nitrogens with zero attached hydrogens (tertiary/aromatic N) is 1. The van der Waals surface area contributed by atoms with Crippen LogP contribution in [-0.4, -0.2) is 25.7 Å². The fourth-order valence-corrected chi connectivity index (χ4v) is 2.79. The third kappa shape index (κ3) is 2.93. The number of rotatable bonds is 4. The first kappa shape index (κ1) is 11.4. The minimum Gasteiger partial charge on any atom is -0.329 e. The number of nitrogens with one attached hydrogen (secondary N) is 1. The first-order valence-corrected chi connectivity index (χ1v) is 6.56. The van der Waals surface area contributed by atoms with E-state index in [0.717, 1.165) is 10.6 Å². The highest BCUT2D eigenvalue weighted by molar-refractivity contribution is 7.92. The molecule has 0 radical (unpaired) electrons. The van der Waals surface area contributed by atoms with Gasteiger partial charge in [-0.05, 0) is 13.8 Å². The first-order chi connectivity index (χ1) is 6.44. The number of aromatic nitrogens is 1. The highest BCUT2D eigenvalue weighted by atomic mass is 32.2. The molecule has 0 atom stereocenters. The van der Waals surface area contributed by atoms with E-state index in [1.165, 1.54) is 11.3 Å². The predicted molar refractivity (Wildman–Crippen MR) is 58.1 cm³/mol. The monoisotopic (exact) mass is 235 g/mol. The molecule has 1 heterocycles. The summed E-state index contributed by atoms with van der Waals surface area (Å²) in [6, 6.07) is 0. The van der Waals surface area contributed by atoms with Gasteiger partial charge < -0.3 is 5.73 Å².